The molecule has 14 heavy (non-hydrogen) atoms. The van der Waals surface area contributed by atoms with E-state index < -0.39 is 0 Å². The lowest BCUT2D eigenvalue weighted by Crippen LogP contribution is -1.81. The van der Waals surface area contributed by atoms with Crippen molar-refractivity contribution < 1.29 is 4.74 Å². The Morgan fingerprint density at radius 3 is 2.36 bits per heavy atom. The zero-order valence-corrected chi connectivity index (χ0v) is 10.1. The van der Waals surface area contributed by atoms with E-state index in [0.717, 1.165) is 5.75 Å². The van der Waals surface area contributed by atoms with E-state index in [0.29, 0.717) is 0 Å². The minimum absolute atomic E-state index is 0.889. The van der Waals surface area contributed by atoms with Gasteiger partial charge in [0.25, 0.3) is 0 Å². The van der Waals surface area contributed by atoms with Crippen LogP contribution >= 0.6 is 27.3 Å². The van der Waals surface area contributed by atoms with Gasteiger partial charge in [-0.25, -0.2) is 0 Å². The zero-order chi connectivity index (χ0) is 9.97. The highest BCUT2D eigenvalue weighted by atomic mass is 79.9. The van der Waals surface area contributed by atoms with Gasteiger partial charge in [-0.2, -0.15) is 0 Å². The van der Waals surface area contributed by atoms with Crippen LogP contribution in [0, 0.1) is 0 Å². The van der Waals surface area contributed by atoms with Crippen molar-refractivity contribution in [2.24, 2.45) is 0 Å². The Bertz CT molecular complexity index is 419. The number of hydrogen-bond donors (Lipinski definition) is 0. The first kappa shape index (κ1) is 9.74. The first-order valence-corrected chi connectivity index (χ1v) is 5.86. The van der Waals surface area contributed by atoms with Crippen molar-refractivity contribution in [3.8, 4) is 16.9 Å². The lowest BCUT2D eigenvalue weighted by Gasteiger charge is -2.01. The number of rotatable bonds is 2. The van der Waals surface area contributed by atoms with Crippen LogP contribution < -0.4 is 4.74 Å². The first-order valence-electron chi connectivity index (χ1n) is 4.18. The van der Waals surface area contributed by atoms with Crippen LogP contribution in [0.4, 0.5) is 0 Å². The fourth-order valence-corrected chi connectivity index (χ4v) is 2.59. The quantitative estimate of drug-likeness (QED) is 0.794. The van der Waals surface area contributed by atoms with E-state index in [4.69, 9.17) is 4.74 Å². The Kier molecular flexibility index (Phi) is 2.89. The van der Waals surface area contributed by atoms with Gasteiger partial charge in [0.2, 0.25) is 0 Å². The molecule has 0 saturated carbocycles. The number of methoxy groups -OCH3 is 1. The van der Waals surface area contributed by atoms with Crippen LogP contribution in [0.2, 0.25) is 0 Å². The summed E-state index contributed by atoms with van der Waals surface area (Å²) in [4.78, 5) is 0. The zero-order valence-electron chi connectivity index (χ0n) is 7.66. The van der Waals surface area contributed by atoms with E-state index in [1.54, 1.807) is 18.4 Å². The van der Waals surface area contributed by atoms with Crippen molar-refractivity contribution in [2.75, 3.05) is 7.11 Å². The molecule has 72 valence electrons. The van der Waals surface area contributed by atoms with Gasteiger partial charge < -0.3 is 4.74 Å². The summed E-state index contributed by atoms with van der Waals surface area (Å²) in [7, 11) is 1.68. The Hall–Kier alpha value is -0.800. The van der Waals surface area contributed by atoms with Gasteiger partial charge >= 0.3 is 0 Å². The Balaban J connectivity index is 2.39. The Morgan fingerprint density at radius 2 is 1.86 bits per heavy atom. The van der Waals surface area contributed by atoms with E-state index in [-0.39, 0.29) is 0 Å². The molecule has 2 rings (SSSR count). The Morgan fingerprint density at radius 1 is 1.14 bits per heavy atom. The third-order valence-corrected chi connectivity index (χ3v) is 3.71. The van der Waals surface area contributed by atoms with Gasteiger partial charge in [0.1, 0.15) is 5.75 Å². The molecule has 0 aliphatic rings. The van der Waals surface area contributed by atoms with Gasteiger partial charge in [0, 0.05) is 5.56 Å². The third kappa shape index (κ3) is 1.83. The second kappa shape index (κ2) is 4.15. The van der Waals surface area contributed by atoms with Gasteiger partial charge in [0.05, 0.1) is 10.9 Å². The van der Waals surface area contributed by atoms with Crippen LogP contribution in [0.3, 0.4) is 0 Å². The maximum Gasteiger partial charge on any atom is 0.118 e. The minimum Gasteiger partial charge on any atom is -0.497 e. The number of halogens is 1. The van der Waals surface area contributed by atoms with Gasteiger partial charge in [-0.05, 0) is 45.1 Å². The summed E-state index contributed by atoms with van der Waals surface area (Å²) < 4.78 is 6.28. The average molecular weight is 269 g/mol. The second-order valence-electron chi connectivity index (χ2n) is 2.84. The van der Waals surface area contributed by atoms with Gasteiger partial charge in [-0.1, -0.05) is 12.1 Å². The van der Waals surface area contributed by atoms with E-state index in [9.17, 15) is 0 Å². The highest BCUT2D eigenvalue weighted by Gasteiger charge is 2.03. The van der Waals surface area contributed by atoms with Gasteiger partial charge in [-0.15, -0.1) is 11.3 Å². The molecule has 3 heteroatoms. The lowest BCUT2D eigenvalue weighted by molar-refractivity contribution is 0.415. The van der Waals surface area contributed by atoms with Crippen LogP contribution in [0.25, 0.3) is 11.1 Å². The van der Waals surface area contributed by atoms with E-state index in [1.165, 1.54) is 14.9 Å². The molecule has 2 aromatic rings. The fourth-order valence-electron chi connectivity index (χ4n) is 1.27. The molecule has 0 aliphatic carbocycles. The second-order valence-corrected chi connectivity index (χ2v) is 5.07. The molecule has 0 bridgehead atoms. The van der Waals surface area contributed by atoms with Crippen molar-refractivity contribution in [1.29, 1.82) is 0 Å². The van der Waals surface area contributed by atoms with Crippen LogP contribution in [0.5, 0.6) is 5.75 Å². The first-order chi connectivity index (χ1) is 6.81. The molecule has 0 amide bonds. The van der Waals surface area contributed by atoms with E-state index in [1.807, 2.05) is 12.1 Å². The molecule has 0 spiro atoms. The van der Waals surface area contributed by atoms with Crippen molar-refractivity contribution in [3.05, 3.63) is 39.5 Å². The highest BCUT2D eigenvalue weighted by Crippen LogP contribution is 2.33. The molecule has 1 heterocycles. The van der Waals surface area contributed by atoms with Crippen LogP contribution in [0.1, 0.15) is 0 Å². The topological polar surface area (TPSA) is 9.23 Å². The van der Waals surface area contributed by atoms with Crippen LogP contribution in [0.15, 0.2) is 39.5 Å². The molecule has 1 aromatic heterocycles. The Labute approximate surface area is 95.5 Å². The molecule has 1 nitrogen and oxygen atoms in total. The molecular weight excluding hydrogens is 260 g/mol. The molecule has 0 aliphatic heterocycles. The number of hydrogen-bond acceptors (Lipinski definition) is 2. The van der Waals surface area contributed by atoms with Crippen LogP contribution in [-0.2, 0) is 0 Å². The summed E-state index contributed by atoms with van der Waals surface area (Å²) in [5.74, 6) is 0.889. The summed E-state index contributed by atoms with van der Waals surface area (Å²) >= 11 is 5.22. The summed E-state index contributed by atoms with van der Waals surface area (Å²) in [6, 6.07) is 10.2. The average Bonchev–Trinajstić information content (AvgIpc) is 2.65. The molecule has 0 radical (unpaired) electrons. The van der Waals surface area contributed by atoms with Crippen molar-refractivity contribution in [1.82, 2.24) is 0 Å². The summed E-state index contributed by atoms with van der Waals surface area (Å²) in [6.45, 7) is 0. The smallest absolute Gasteiger partial charge is 0.118 e. The largest absolute Gasteiger partial charge is 0.497 e. The maximum absolute atomic E-state index is 5.11. The maximum atomic E-state index is 5.11. The fraction of sp³-hybridized carbons (Fsp3) is 0.0909. The van der Waals surface area contributed by atoms with Gasteiger partial charge in [-0.3, -0.25) is 0 Å². The predicted octanol–water partition coefficient (Wildman–Crippen LogP) is 4.19. The molecule has 0 atom stereocenters. The number of benzene rings is 1. The standard InChI is InChI=1S/C11H9BrOS/c1-13-9-4-2-8(3-5-9)10-6-7-14-11(10)12/h2-7H,1H3. The van der Waals surface area contributed by atoms with E-state index in [2.05, 4.69) is 39.5 Å². The summed E-state index contributed by atoms with van der Waals surface area (Å²) in [5.41, 5.74) is 2.44. The number of thiophene rings is 1. The molecular formula is C11H9BrOS. The third-order valence-electron chi connectivity index (χ3n) is 2.02. The predicted molar refractivity (Wildman–Crippen MR) is 64.0 cm³/mol. The minimum atomic E-state index is 0.889. The summed E-state index contributed by atoms with van der Waals surface area (Å²) in [5, 5.41) is 2.07. The summed E-state index contributed by atoms with van der Waals surface area (Å²) in [6.07, 6.45) is 0. The molecule has 0 N–H and O–H groups in total. The SMILES string of the molecule is COc1ccc(-c2ccsc2Br)cc1. The monoisotopic (exact) mass is 268 g/mol. The molecule has 1 aromatic carbocycles. The molecule has 0 saturated heterocycles. The molecule has 0 unspecified atom stereocenters. The van der Waals surface area contributed by atoms with Crippen LogP contribution in [-0.4, -0.2) is 7.11 Å². The highest BCUT2D eigenvalue weighted by molar-refractivity contribution is 9.11. The number of ether oxygens (including phenoxy) is 1. The van der Waals surface area contributed by atoms with Crippen molar-refractivity contribution >= 4 is 27.3 Å². The molecule has 0 fully saturated rings. The van der Waals surface area contributed by atoms with E-state index >= 15 is 0 Å². The van der Waals surface area contributed by atoms with Crippen molar-refractivity contribution in [3.63, 3.8) is 0 Å². The normalized spacial score (nSPS) is 10.1. The lowest BCUT2D eigenvalue weighted by atomic mass is 10.1. The van der Waals surface area contributed by atoms with Gasteiger partial charge in [0.15, 0.2) is 0 Å². The van der Waals surface area contributed by atoms with Crippen molar-refractivity contribution in [2.45, 2.75) is 0 Å².